The highest BCUT2D eigenvalue weighted by Crippen LogP contribution is 2.26. The molecule has 2 rings (SSSR count). The Bertz CT molecular complexity index is 558. The number of aromatic nitrogens is 1. The summed E-state index contributed by atoms with van der Waals surface area (Å²) in [5.74, 6) is 0.142. The zero-order valence-corrected chi connectivity index (χ0v) is 11.1. The first kappa shape index (κ1) is 13.1. The average Bonchev–Trinajstić information content (AvgIpc) is 2.71. The molecule has 6 nitrogen and oxygen atoms in total. The Morgan fingerprint density at radius 3 is 2.67 bits per heavy atom. The van der Waals surface area contributed by atoms with Crippen molar-refractivity contribution in [2.75, 3.05) is 18.6 Å². The predicted molar refractivity (Wildman–Crippen MR) is 66.3 cm³/mol. The molecular formula is C10H11ClN2O4S. The second-order valence-corrected chi connectivity index (χ2v) is 6.77. The smallest absolute Gasteiger partial charge is 0.237 e. The lowest BCUT2D eigenvalue weighted by molar-refractivity contribution is -0.117. The largest absolute Gasteiger partial charge is 0.481 e. The van der Waals surface area contributed by atoms with Gasteiger partial charge in [-0.3, -0.25) is 4.79 Å². The molecule has 1 atom stereocenters. The number of rotatable bonds is 3. The molecule has 1 aromatic rings. The van der Waals surface area contributed by atoms with Crippen LogP contribution in [0.4, 0.5) is 5.69 Å². The molecule has 0 aromatic carbocycles. The van der Waals surface area contributed by atoms with Crippen molar-refractivity contribution >= 4 is 31.3 Å². The highest BCUT2D eigenvalue weighted by molar-refractivity contribution is 8.14. The number of carbonyl (C=O) groups excluding carboxylic acids is 1. The third-order valence-corrected chi connectivity index (χ3v) is 4.60. The standard InChI is InChI=1S/C10H11ClN2O4S/c1-17-9-3-2-7(5-12-9)13-6-8(4-10(13)14)18(11,15)16/h2-3,5,8H,4,6H2,1H3. The SMILES string of the molecule is COc1ccc(N2CC(S(=O)(=O)Cl)CC2=O)cn1. The van der Waals surface area contributed by atoms with Gasteiger partial charge < -0.3 is 9.64 Å². The number of pyridine rings is 1. The van der Waals surface area contributed by atoms with Crippen molar-refractivity contribution in [3.05, 3.63) is 18.3 Å². The van der Waals surface area contributed by atoms with E-state index in [-0.39, 0.29) is 18.9 Å². The summed E-state index contributed by atoms with van der Waals surface area (Å²) in [7, 11) is 3.02. The fraction of sp³-hybridized carbons (Fsp3) is 0.400. The molecule has 1 fully saturated rings. The lowest BCUT2D eigenvalue weighted by Crippen LogP contribution is -2.26. The van der Waals surface area contributed by atoms with E-state index < -0.39 is 14.3 Å². The summed E-state index contributed by atoms with van der Waals surface area (Å²) in [6.45, 7) is 0.0542. The summed E-state index contributed by atoms with van der Waals surface area (Å²) < 4.78 is 27.3. The number of nitrogens with zero attached hydrogens (tertiary/aromatic N) is 2. The maximum absolute atomic E-state index is 11.7. The van der Waals surface area contributed by atoms with E-state index in [2.05, 4.69) is 4.98 Å². The van der Waals surface area contributed by atoms with Gasteiger partial charge in [0.2, 0.25) is 20.8 Å². The number of hydrogen-bond acceptors (Lipinski definition) is 5. The van der Waals surface area contributed by atoms with Crippen LogP contribution in [0.15, 0.2) is 18.3 Å². The van der Waals surface area contributed by atoms with Gasteiger partial charge in [-0.05, 0) is 6.07 Å². The van der Waals surface area contributed by atoms with E-state index in [4.69, 9.17) is 15.4 Å². The third-order valence-electron chi connectivity index (χ3n) is 2.73. The molecule has 1 unspecified atom stereocenters. The van der Waals surface area contributed by atoms with Crippen LogP contribution in [0.1, 0.15) is 6.42 Å². The molecule has 0 spiro atoms. The molecule has 0 radical (unpaired) electrons. The van der Waals surface area contributed by atoms with Gasteiger partial charge in [0.15, 0.2) is 0 Å². The Morgan fingerprint density at radius 1 is 1.50 bits per heavy atom. The minimum atomic E-state index is -3.72. The summed E-state index contributed by atoms with van der Waals surface area (Å²) in [5, 5.41) is -0.867. The minimum Gasteiger partial charge on any atom is -0.481 e. The van der Waals surface area contributed by atoms with E-state index in [1.807, 2.05) is 0 Å². The Morgan fingerprint density at radius 2 is 2.22 bits per heavy atom. The third kappa shape index (κ3) is 2.56. The first-order valence-corrected chi connectivity index (χ1v) is 7.53. The average molecular weight is 291 g/mol. The first-order chi connectivity index (χ1) is 8.41. The fourth-order valence-electron chi connectivity index (χ4n) is 1.77. The van der Waals surface area contributed by atoms with Crippen LogP contribution in [-0.2, 0) is 13.8 Å². The van der Waals surface area contributed by atoms with Gasteiger partial charge >= 0.3 is 0 Å². The van der Waals surface area contributed by atoms with E-state index in [9.17, 15) is 13.2 Å². The number of hydrogen-bond donors (Lipinski definition) is 0. The number of methoxy groups -OCH3 is 1. The molecule has 0 saturated carbocycles. The van der Waals surface area contributed by atoms with Crippen LogP contribution in [-0.4, -0.2) is 38.2 Å². The monoisotopic (exact) mass is 290 g/mol. The molecule has 1 saturated heterocycles. The molecule has 2 heterocycles. The van der Waals surface area contributed by atoms with Gasteiger partial charge in [-0.1, -0.05) is 0 Å². The second-order valence-electron chi connectivity index (χ2n) is 3.86. The quantitative estimate of drug-likeness (QED) is 0.768. The zero-order valence-electron chi connectivity index (χ0n) is 9.54. The number of anilines is 1. The van der Waals surface area contributed by atoms with Gasteiger partial charge in [0, 0.05) is 29.7 Å². The molecule has 0 bridgehead atoms. The Hall–Kier alpha value is -1.34. The van der Waals surface area contributed by atoms with Crippen LogP contribution < -0.4 is 9.64 Å². The predicted octanol–water partition coefficient (Wildman–Crippen LogP) is 0.764. The topological polar surface area (TPSA) is 76.6 Å². The fourth-order valence-corrected chi connectivity index (χ4v) is 2.79. The lowest BCUT2D eigenvalue weighted by atomic mass is 10.4. The summed E-state index contributed by atoms with van der Waals surface area (Å²) in [6.07, 6.45) is 1.36. The number of carbonyl (C=O) groups is 1. The van der Waals surface area contributed by atoms with Crippen molar-refractivity contribution in [3.63, 3.8) is 0 Å². The summed E-state index contributed by atoms with van der Waals surface area (Å²) >= 11 is 0. The van der Waals surface area contributed by atoms with Crippen LogP contribution in [0.3, 0.4) is 0 Å². The van der Waals surface area contributed by atoms with Crippen molar-refractivity contribution in [2.45, 2.75) is 11.7 Å². The molecule has 1 aromatic heterocycles. The molecule has 18 heavy (non-hydrogen) atoms. The van der Waals surface area contributed by atoms with E-state index >= 15 is 0 Å². The van der Waals surface area contributed by atoms with Crippen LogP contribution in [0.25, 0.3) is 0 Å². The summed E-state index contributed by atoms with van der Waals surface area (Å²) in [6, 6.07) is 3.25. The molecular weight excluding hydrogens is 280 g/mol. The van der Waals surface area contributed by atoms with Crippen molar-refractivity contribution in [3.8, 4) is 5.88 Å². The van der Waals surface area contributed by atoms with E-state index in [0.717, 1.165) is 0 Å². The van der Waals surface area contributed by atoms with E-state index in [0.29, 0.717) is 11.6 Å². The zero-order chi connectivity index (χ0) is 13.3. The maximum atomic E-state index is 11.7. The van der Waals surface area contributed by atoms with Crippen molar-refractivity contribution in [1.29, 1.82) is 0 Å². The number of halogens is 1. The second kappa shape index (κ2) is 4.74. The van der Waals surface area contributed by atoms with Gasteiger partial charge in [0.1, 0.15) is 5.25 Å². The van der Waals surface area contributed by atoms with Crippen LogP contribution in [0, 0.1) is 0 Å². The Kier molecular flexibility index (Phi) is 3.45. The highest BCUT2D eigenvalue weighted by Gasteiger charge is 2.38. The summed E-state index contributed by atoms with van der Waals surface area (Å²) in [4.78, 5) is 17.1. The minimum absolute atomic E-state index is 0.0542. The molecule has 8 heteroatoms. The molecule has 1 aliphatic rings. The van der Waals surface area contributed by atoms with Crippen LogP contribution >= 0.6 is 10.7 Å². The summed E-state index contributed by atoms with van der Waals surface area (Å²) in [5.41, 5.74) is 0.531. The Balaban J connectivity index is 2.21. The maximum Gasteiger partial charge on any atom is 0.237 e. The van der Waals surface area contributed by atoms with Crippen LogP contribution in [0.5, 0.6) is 5.88 Å². The van der Waals surface area contributed by atoms with Gasteiger partial charge in [-0.2, -0.15) is 0 Å². The van der Waals surface area contributed by atoms with Gasteiger partial charge in [-0.15, -0.1) is 0 Å². The molecule has 0 N–H and O–H groups in total. The van der Waals surface area contributed by atoms with Crippen LogP contribution in [0.2, 0.25) is 0 Å². The Labute approximate surface area is 109 Å². The highest BCUT2D eigenvalue weighted by atomic mass is 35.7. The molecule has 1 aliphatic heterocycles. The van der Waals surface area contributed by atoms with Crippen molar-refractivity contribution < 1.29 is 17.9 Å². The van der Waals surface area contributed by atoms with Gasteiger partial charge in [0.25, 0.3) is 0 Å². The molecule has 1 amide bonds. The van der Waals surface area contributed by atoms with E-state index in [1.165, 1.54) is 18.2 Å². The number of amides is 1. The van der Waals surface area contributed by atoms with Gasteiger partial charge in [-0.25, -0.2) is 13.4 Å². The lowest BCUT2D eigenvalue weighted by Gasteiger charge is -2.15. The normalized spacial score (nSPS) is 20.2. The molecule has 98 valence electrons. The van der Waals surface area contributed by atoms with Crippen molar-refractivity contribution in [1.82, 2.24) is 4.98 Å². The van der Waals surface area contributed by atoms with E-state index in [1.54, 1.807) is 12.1 Å². The first-order valence-electron chi connectivity index (χ1n) is 5.15. The molecule has 0 aliphatic carbocycles. The van der Waals surface area contributed by atoms with Gasteiger partial charge in [0.05, 0.1) is 19.0 Å². The number of ether oxygens (including phenoxy) is 1. The van der Waals surface area contributed by atoms with Crippen molar-refractivity contribution in [2.24, 2.45) is 0 Å².